The number of benzene rings is 4. The van der Waals surface area contributed by atoms with Crippen molar-refractivity contribution >= 4 is 44.6 Å². The van der Waals surface area contributed by atoms with E-state index < -0.39 is 18.1 Å². The maximum atomic E-state index is 9.27. The predicted molar refractivity (Wildman–Crippen MR) is 212 cm³/mol. The first kappa shape index (κ1) is 22.3. The molecule has 0 aliphatic carbocycles. The first-order valence-electron chi connectivity index (χ1n) is 22.4. The van der Waals surface area contributed by atoms with Crippen molar-refractivity contribution in [2.24, 2.45) is 0 Å². The van der Waals surface area contributed by atoms with E-state index >= 15 is 0 Å². The molecule has 0 unspecified atom stereocenters. The zero-order chi connectivity index (χ0) is 45.2. The molecule has 3 aromatic heterocycles. The Hall–Kier alpha value is -5.62. The Labute approximate surface area is 316 Å². The molecule has 0 radical (unpaired) electrons. The van der Waals surface area contributed by atoms with Gasteiger partial charge in [-0.15, -0.1) is 0 Å². The van der Waals surface area contributed by atoms with Crippen molar-refractivity contribution < 1.29 is 19.8 Å². The molecule has 6 heteroatoms. The number of fused-ring (bicyclic) bond motifs is 4. The van der Waals surface area contributed by atoms with Gasteiger partial charge in [0.25, 0.3) is 0 Å². The third kappa shape index (κ3) is 5.79. The van der Waals surface area contributed by atoms with Gasteiger partial charge in [-0.05, 0) is 95.3 Å². The first-order valence-corrected chi connectivity index (χ1v) is 16.9. The fraction of sp³-hybridized carbons (Fsp3) is 0.244. The number of ether oxygens (including phenoxy) is 1. The lowest BCUT2D eigenvalue weighted by Crippen LogP contribution is -2.25. The van der Waals surface area contributed by atoms with Crippen molar-refractivity contribution in [2.45, 2.75) is 66.2 Å². The van der Waals surface area contributed by atoms with Crippen LogP contribution in [0.15, 0.2) is 115 Å². The Kier molecular flexibility index (Phi) is 5.24. The molecule has 1 aliphatic heterocycles. The molecular formula is C45H45N5O. The number of hydrogen-bond acceptors (Lipinski definition) is 5. The van der Waals surface area contributed by atoms with Crippen molar-refractivity contribution in [3.63, 3.8) is 0 Å². The first-order chi connectivity index (χ1) is 28.9. The van der Waals surface area contributed by atoms with Crippen molar-refractivity contribution in [1.82, 2.24) is 14.5 Å². The molecule has 51 heavy (non-hydrogen) atoms. The molecule has 4 heterocycles. The quantitative estimate of drug-likeness (QED) is 0.181. The standard InChI is InChI=1S/C45H45N5O/c1-29-22-32(45(6,7)8)23-30(2)43(29)49-28-48(41-27-46-20-19-39(41)49)33-12-11-13-34(25-33)51-35-16-17-37-36-14-9-10-15-38(36)50(40(37)26-35)42-24-31(18-21-47-42)44(3,4)5/h9-27H,28H2,1-8H3/i9D,10D,12D,13D,14D,15D,16D,17D,19D,20D,27D. The van der Waals surface area contributed by atoms with Crippen molar-refractivity contribution in [2.75, 3.05) is 16.5 Å². The second kappa shape index (κ2) is 12.0. The van der Waals surface area contributed by atoms with Gasteiger partial charge in [0, 0.05) is 46.6 Å². The van der Waals surface area contributed by atoms with E-state index in [0.29, 0.717) is 5.82 Å². The molecule has 4 aromatic carbocycles. The lowest BCUT2D eigenvalue weighted by atomic mass is 9.84. The molecule has 0 saturated carbocycles. The summed E-state index contributed by atoms with van der Waals surface area (Å²) in [5, 5.41) is 0.159. The summed E-state index contributed by atoms with van der Waals surface area (Å²) in [6.07, 6.45) is 0.973. The van der Waals surface area contributed by atoms with E-state index in [1.807, 2.05) is 51.7 Å². The van der Waals surface area contributed by atoms with Gasteiger partial charge in [0.15, 0.2) is 0 Å². The molecule has 0 saturated heterocycles. The second-order valence-electron chi connectivity index (χ2n) is 15.0. The number of hydrogen-bond donors (Lipinski definition) is 0. The topological polar surface area (TPSA) is 46.4 Å². The molecule has 256 valence electrons. The molecule has 0 bridgehead atoms. The van der Waals surface area contributed by atoms with Gasteiger partial charge in [-0.3, -0.25) is 9.55 Å². The van der Waals surface area contributed by atoms with Crippen molar-refractivity contribution in [3.05, 3.63) is 138 Å². The number of para-hydroxylation sites is 1. The van der Waals surface area contributed by atoms with Crippen molar-refractivity contribution in [1.29, 1.82) is 0 Å². The number of anilines is 4. The maximum Gasteiger partial charge on any atom is 0.137 e. The summed E-state index contributed by atoms with van der Waals surface area (Å²) in [5.74, 6) is 0.0788. The largest absolute Gasteiger partial charge is 0.457 e. The summed E-state index contributed by atoms with van der Waals surface area (Å²) >= 11 is 0. The zero-order valence-electron chi connectivity index (χ0n) is 41.0. The normalized spacial score (nSPS) is 16.4. The molecule has 0 amide bonds. The van der Waals surface area contributed by atoms with E-state index in [9.17, 15) is 1.37 Å². The molecule has 0 N–H and O–H groups in total. The summed E-state index contributed by atoms with van der Waals surface area (Å²) in [7, 11) is 0. The van der Waals surface area contributed by atoms with Crippen LogP contribution in [0.3, 0.4) is 0 Å². The number of aromatic nitrogens is 3. The van der Waals surface area contributed by atoms with Gasteiger partial charge in [0.1, 0.15) is 24.0 Å². The third-order valence-corrected chi connectivity index (χ3v) is 9.34. The molecule has 1 aliphatic rings. The molecule has 6 nitrogen and oxygen atoms in total. The van der Waals surface area contributed by atoms with E-state index in [1.54, 1.807) is 15.7 Å². The van der Waals surface area contributed by atoms with Gasteiger partial charge in [-0.2, -0.15) is 0 Å². The minimum atomic E-state index is -0.483. The van der Waals surface area contributed by atoms with Gasteiger partial charge >= 0.3 is 0 Å². The summed E-state index contributed by atoms with van der Waals surface area (Å²) in [6, 6.07) is 9.12. The van der Waals surface area contributed by atoms with Gasteiger partial charge in [-0.1, -0.05) is 77.9 Å². The van der Waals surface area contributed by atoms with Crippen LogP contribution in [0.5, 0.6) is 11.5 Å². The highest BCUT2D eigenvalue weighted by molar-refractivity contribution is 6.09. The van der Waals surface area contributed by atoms with Gasteiger partial charge in [0.2, 0.25) is 0 Å². The molecule has 7 aromatic rings. The highest BCUT2D eigenvalue weighted by Gasteiger charge is 2.31. The summed E-state index contributed by atoms with van der Waals surface area (Å²) in [5.41, 5.74) is 5.21. The smallest absolute Gasteiger partial charge is 0.137 e. The highest BCUT2D eigenvalue weighted by Crippen LogP contribution is 2.47. The lowest BCUT2D eigenvalue weighted by molar-refractivity contribution is 0.483. The SMILES string of the molecule is [2H]c1cc([2H])c(N2CN(c3c(C)cc(C(C)(C)C)cc3C)c3c([2H])c([2H])nc([2H])c32)cc1Oc1cc2c(c([2H])c1[2H])c1c([2H])c([2H])c([2H])c([2H])c1n2-c1cc(C(C)(C)C)ccn1. The van der Waals surface area contributed by atoms with E-state index in [2.05, 4.69) is 42.9 Å². The predicted octanol–water partition coefficient (Wildman–Crippen LogP) is 11.8. The number of aryl methyl sites for hydroxylation is 2. The monoisotopic (exact) mass is 682 g/mol. The minimum absolute atomic E-state index is 0.0333. The average Bonchev–Trinajstić information content (AvgIpc) is 3.75. The Morgan fingerprint density at radius 2 is 1.43 bits per heavy atom. The van der Waals surface area contributed by atoms with E-state index in [1.165, 1.54) is 18.2 Å². The molecule has 0 fully saturated rings. The molecule has 8 rings (SSSR count). The number of pyridine rings is 2. The van der Waals surface area contributed by atoms with Crippen LogP contribution < -0.4 is 14.5 Å². The Balaban J connectivity index is 1.31. The van der Waals surface area contributed by atoms with Crippen molar-refractivity contribution in [3.8, 4) is 17.3 Å². The summed E-state index contributed by atoms with van der Waals surface area (Å²) < 4.78 is 106. The zero-order valence-corrected chi connectivity index (χ0v) is 30.0. The fourth-order valence-electron chi connectivity index (χ4n) is 6.72. The highest BCUT2D eigenvalue weighted by atomic mass is 16.5. The molecular weight excluding hydrogens is 627 g/mol. The Morgan fingerprint density at radius 1 is 0.706 bits per heavy atom. The van der Waals surface area contributed by atoms with Crippen LogP contribution >= 0.6 is 0 Å². The minimum Gasteiger partial charge on any atom is -0.457 e. The maximum absolute atomic E-state index is 9.27. The van der Waals surface area contributed by atoms with Crippen LogP contribution in [-0.4, -0.2) is 21.2 Å². The van der Waals surface area contributed by atoms with Crippen LogP contribution in [0.25, 0.3) is 27.6 Å². The number of rotatable bonds is 5. The van der Waals surface area contributed by atoms with Gasteiger partial charge in [-0.25, -0.2) is 4.98 Å². The van der Waals surface area contributed by atoms with E-state index in [0.717, 1.165) is 27.9 Å². The van der Waals surface area contributed by atoms with Gasteiger partial charge in [0.05, 0.1) is 43.7 Å². The summed E-state index contributed by atoms with van der Waals surface area (Å²) in [6.45, 7) is 16.5. The molecule has 0 spiro atoms. The molecule has 0 atom stereocenters. The van der Waals surface area contributed by atoms with Crippen LogP contribution in [-0.2, 0) is 10.8 Å². The van der Waals surface area contributed by atoms with Crippen LogP contribution in [0.4, 0.5) is 22.7 Å². The number of nitrogens with zero attached hydrogens (tertiary/aromatic N) is 5. The van der Waals surface area contributed by atoms with Gasteiger partial charge < -0.3 is 14.5 Å². The average molecular weight is 683 g/mol. The third-order valence-electron chi connectivity index (χ3n) is 9.34. The van der Waals surface area contributed by atoms with E-state index in [-0.39, 0.29) is 116 Å². The van der Waals surface area contributed by atoms with Crippen LogP contribution in [0.2, 0.25) is 0 Å². The Bertz CT molecular complexity index is 3040. The lowest BCUT2D eigenvalue weighted by Gasteiger charge is -2.28. The van der Waals surface area contributed by atoms with E-state index in [4.69, 9.17) is 18.4 Å². The fourth-order valence-corrected chi connectivity index (χ4v) is 6.72. The van der Waals surface area contributed by atoms with Crippen LogP contribution in [0.1, 0.15) is 78.9 Å². The second-order valence-corrected chi connectivity index (χ2v) is 15.0. The summed E-state index contributed by atoms with van der Waals surface area (Å²) in [4.78, 5) is 12.2. The Morgan fingerprint density at radius 3 is 2.20 bits per heavy atom. The van der Waals surface area contributed by atoms with Crippen LogP contribution in [0, 0.1) is 13.8 Å².